The molecule has 8 heteroatoms. The van der Waals surface area contributed by atoms with Crippen molar-refractivity contribution in [1.82, 2.24) is 10.2 Å². The fourth-order valence-corrected chi connectivity index (χ4v) is 4.00. The molecule has 1 N–H and O–H groups in total. The molecule has 0 unspecified atom stereocenters. The van der Waals surface area contributed by atoms with E-state index in [0.29, 0.717) is 22.6 Å². The average molecular weight is 432 g/mol. The molecule has 0 bridgehead atoms. The van der Waals surface area contributed by atoms with Crippen LogP contribution in [0, 0.1) is 0 Å². The second kappa shape index (κ2) is 7.26. The van der Waals surface area contributed by atoms with Crippen LogP contribution in [0.5, 0.6) is 17.2 Å². The molecular weight excluding hydrogens is 412 g/mol. The Kier molecular flexibility index (Phi) is 4.51. The highest BCUT2D eigenvalue weighted by atomic mass is 16.7. The van der Waals surface area contributed by atoms with Crippen molar-refractivity contribution in [2.75, 3.05) is 20.4 Å². The van der Waals surface area contributed by atoms with E-state index in [1.165, 1.54) is 0 Å². The molecular formula is C24H20N2O6. The lowest BCUT2D eigenvalue weighted by Gasteiger charge is -2.22. The van der Waals surface area contributed by atoms with E-state index < -0.39 is 17.5 Å². The normalized spacial score (nSPS) is 19.4. The highest BCUT2D eigenvalue weighted by Crippen LogP contribution is 2.34. The van der Waals surface area contributed by atoms with E-state index in [1.807, 2.05) is 30.3 Å². The number of Topliss-reactive ketones (excluding diaryl/α,β-unsaturated/α-hetero) is 1. The Morgan fingerprint density at radius 2 is 1.78 bits per heavy atom. The summed E-state index contributed by atoms with van der Waals surface area (Å²) in [7, 11) is 1.60. The molecule has 0 radical (unpaired) electrons. The molecule has 3 aromatic rings. The van der Waals surface area contributed by atoms with Crippen LogP contribution in [-0.2, 0) is 10.3 Å². The number of nitrogens with zero attached hydrogens (tertiary/aromatic N) is 1. The van der Waals surface area contributed by atoms with Crippen LogP contribution in [-0.4, -0.2) is 43.1 Å². The Balaban J connectivity index is 1.40. The van der Waals surface area contributed by atoms with Crippen LogP contribution in [0.1, 0.15) is 22.8 Å². The SMILES string of the molecule is COc1ccc2cc([C@]3(C)NC(=O)N(CC(=O)c4ccc5c(c4)OCO5)C3=O)ccc2c1. The number of carbonyl (C=O) groups excluding carboxylic acids is 3. The van der Waals surface area contributed by atoms with E-state index >= 15 is 0 Å². The lowest BCUT2D eigenvalue weighted by atomic mass is 9.90. The van der Waals surface area contributed by atoms with E-state index in [1.54, 1.807) is 38.3 Å². The lowest BCUT2D eigenvalue weighted by molar-refractivity contribution is -0.130. The third kappa shape index (κ3) is 3.11. The minimum absolute atomic E-state index is 0.0941. The van der Waals surface area contributed by atoms with Gasteiger partial charge in [0.05, 0.1) is 13.7 Å². The number of imide groups is 1. The Labute approximate surface area is 183 Å². The first kappa shape index (κ1) is 19.9. The monoisotopic (exact) mass is 432 g/mol. The quantitative estimate of drug-likeness (QED) is 0.492. The summed E-state index contributed by atoms with van der Waals surface area (Å²) in [4.78, 5) is 39.7. The summed E-state index contributed by atoms with van der Waals surface area (Å²) in [6, 6.07) is 15.3. The van der Waals surface area contributed by atoms with Gasteiger partial charge in [0.25, 0.3) is 5.91 Å². The largest absolute Gasteiger partial charge is 0.497 e. The molecule has 3 amide bonds. The van der Waals surface area contributed by atoms with Crippen molar-refractivity contribution in [3.8, 4) is 17.2 Å². The van der Waals surface area contributed by atoms with Crippen LogP contribution in [0.2, 0.25) is 0 Å². The van der Waals surface area contributed by atoms with Gasteiger partial charge >= 0.3 is 6.03 Å². The number of rotatable bonds is 5. The number of methoxy groups -OCH3 is 1. The summed E-state index contributed by atoms with van der Waals surface area (Å²) in [6.07, 6.45) is 0. The van der Waals surface area contributed by atoms with Gasteiger partial charge in [-0.25, -0.2) is 4.79 Å². The molecule has 2 aliphatic rings. The van der Waals surface area contributed by atoms with Gasteiger partial charge in [-0.1, -0.05) is 18.2 Å². The average Bonchev–Trinajstić information content (AvgIpc) is 3.36. The highest BCUT2D eigenvalue weighted by molar-refractivity contribution is 6.11. The Bertz CT molecular complexity index is 1290. The summed E-state index contributed by atoms with van der Waals surface area (Å²) in [5, 5.41) is 4.60. The first-order valence-corrected chi connectivity index (χ1v) is 10.0. The summed E-state index contributed by atoms with van der Waals surface area (Å²) < 4.78 is 15.8. The van der Waals surface area contributed by atoms with Gasteiger partial charge in [-0.3, -0.25) is 14.5 Å². The molecule has 2 aliphatic heterocycles. The smallest absolute Gasteiger partial charge is 0.325 e. The molecule has 3 aromatic carbocycles. The minimum atomic E-state index is -1.28. The van der Waals surface area contributed by atoms with Crippen LogP contribution >= 0.6 is 0 Å². The first-order valence-electron chi connectivity index (χ1n) is 10.0. The third-order valence-electron chi connectivity index (χ3n) is 5.90. The summed E-state index contributed by atoms with van der Waals surface area (Å²) >= 11 is 0. The molecule has 1 fully saturated rings. The number of fused-ring (bicyclic) bond motifs is 2. The zero-order chi connectivity index (χ0) is 22.5. The molecule has 2 heterocycles. The van der Waals surface area contributed by atoms with Gasteiger partial charge in [0.15, 0.2) is 17.3 Å². The van der Waals surface area contributed by atoms with Gasteiger partial charge in [-0.2, -0.15) is 0 Å². The predicted molar refractivity (Wildman–Crippen MR) is 115 cm³/mol. The van der Waals surface area contributed by atoms with Crippen molar-refractivity contribution in [2.24, 2.45) is 0 Å². The molecule has 1 atom stereocenters. The molecule has 0 spiro atoms. The van der Waals surface area contributed by atoms with Crippen molar-refractivity contribution in [3.63, 3.8) is 0 Å². The Hall–Kier alpha value is -4.07. The number of urea groups is 1. The topological polar surface area (TPSA) is 94.2 Å². The fourth-order valence-electron chi connectivity index (χ4n) is 4.00. The van der Waals surface area contributed by atoms with Gasteiger partial charge in [0, 0.05) is 5.56 Å². The van der Waals surface area contributed by atoms with Gasteiger partial charge in [0.2, 0.25) is 6.79 Å². The Morgan fingerprint density at radius 1 is 1.03 bits per heavy atom. The van der Waals surface area contributed by atoms with Crippen LogP contribution in [0.4, 0.5) is 4.79 Å². The molecule has 162 valence electrons. The molecule has 1 saturated heterocycles. The summed E-state index contributed by atoms with van der Waals surface area (Å²) in [5.74, 6) is 0.893. The number of ketones is 1. The maximum Gasteiger partial charge on any atom is 0.325 e. The van der Waals surface area contributed by atoms with E-state index in [4.69, 9.17) is 14.2 Å². The molecule has 5 rings (SSSR count). The van der Waals surface area contributed by atoms with Gasteiger partial charge in [-0.05, 0) is 59.7 Å². The van der Waals surface area contributed by atoms with Crippen LogP contribution < -0.4 is 19.5 Å². The van der Waals surface area contributed by atoms with Gasteiger partial charge in [0.1, 0.15) is 11.3 Å². The van der Waals surface area contributed by atoms with E-state index in [2.05, 4.69) is 5.32 Å². The number of benzene rings is 3. The predicted octanol–water partition coefficient (Wildman–Crippen LogP) is 3.23. The minimum Gasteiger partial charge on any atom is -0.497 e. The number of hydrogen-bond donors (Lipinski definition) is 1. The molecule has 0 aliphatic carbocycles. The number of hydrogen-bond acceptors (Lipinski definition) is 6. The standard InChI is InChI=1S/C24H20N2O6/c1-24(17-6-3-15-10-18(30-2)7-4-14(15)9-17)22(28)26(23(29)25-24)12-19(27)16-5-8-20-21(11-16)32-13-31-20/h3-11H,12-13H2,1-2H3,(H,25,29)/t24-/m0/s1. The molecule has 32 heavy (non-hydrogen) atoms. The van der Waals surface area contributed by atoms with E-state index in [-0.39, 0.29) is 19.1 Å². The Morgan fingerprint density at radius 3 is 2.59 bits per heavy atom. The third-order valence-corrected chi connectivity index (χ3v) is 5.90. The molecule has 8 nitrogen and oxygen atoms in total. The number of nitrogens with one attached hydrogen (secondary N) is 1. The van der Waals surface area contributed by atoms with Crippen LogP contribution in [0.25, 0.3) is 10.8 Å². The van der Waals surface area contributed by atoms with Gasteiger partial charge in [-0.15, -0.1) is 0 Å². The van der Waals surface area contributed by atoms with Gasteiger partial charge < -0.3 is 19.5 Å². The van der Waals surface area contributed by atoms with E-state index in [9.17, 15) is 14.4 Å². The second-order valence-corrected chi connectivity index (χ2v) is 7.87. The zero-order valence-corrected chi connectivity index (χ0v) is 17.5. The van der Waals surface area contributed by atoms with Crippen molar-refractivity contribution in [2.45, 2.75) is 12.5 Å². The van der Waals surface area contributed by atoms with Crippen molar-refractivity contribution >= 4 is 28.5 Å². The van der Waals surface area contributed by atoms with Crippen LogP contribution in [0.15, 0.2) is 54.6 Å². The van der Waals surface area contributed by atoms with Crippen LogP contribution in [0.3, 0.4) is 0 Å². The first-order chi connectivity index (χ1) is 15.4. The fraction of sp³-hybridized carbons (Fsp3) is 0.208. The summed E-state index contributed by atoms with van der Waals surface area (Å²) in [5.41, 5.74) is -0.310. The maximum absolute atomic E-state index is 13.3. The van der Waals surface area contributed by atoms with Crippen molar-refractivity contribution in [3.05, 3.63) is 65.7 Å². The zero-order valence-electron chi connectivity index (χ0n) is 17.5. The lowest BCUT2D eigenvalue weighted by Crippen LogP contribution is -2.41. The number of ether oxygens (including phenoxy) is 3. The molecule has 0 saturated carbocycles. The second-order valence-electron chi connectivity index (χ2n) is 7.87. The maximum atomic E-state index is 13.3. The summed E-state index contributed by atoms with van der Waals surface area (Å²) in [6.45, 7) is 1.37. The molecule has 0 aromatic heterocycles. The highest BCUT2D eigenvalue weighted by Gasteiger charge is 2.49. The number of carbonyl (C=O) groups is 3. The van der Waals surface area contributed by atoms with E-state index in [0.717, 1.165) is 21.4 Å². The number of amides is 3. The van der Waals surface area contributed by atoms with Crippen molar-refractivity contribution < 1.29 is 28.6 Å². The van der Waals surface area contributed by atoms with Crippen molar-refractivity contribution in [1.29, 1.82) is 0 Å².